The van der Waals surface area contributed by atoms with E-state index in [0.717, 1.165) is 32.2 Å². The minimum atomic E-state index is -0.483. The quantitative estimate of drug-likeness (QED) is 0.156. The lowest BCUT2D eigenvalue weighted by Gasteiger charge is -2.11. The van der Waals surface area contributed by atoms with Crippen molar-refractivity contribution >= 4 is 55.6 Å². The molecule has 140 valence electrons. The minimum absolute atomic E-state index is 0.360. The summed E-state index contributed by atoms with van der Waals surface area (Å²) in [5, 5.41) is 10.9. The van der Waals surface area contributed by atoms with Crippen LogP contribution in [0.4, 0.5) is 11.5 Å². The summed E-state index contributed by atoms with van der Waals surface area (Å²) in [6, 6.07) is 14.7. The number of amidine groups is 1. The highest BCUT2D eigenvalue weighted by Gasteiger charge is 2.12. The number of aromatic nitrogens is 1. The molecular formula is C19H17N7OS. The van der Waals surface area contributed by atoms with Crippen LogP contribution in [0.3, 0.4) is 0 Å². The zero-order chi connectivity index (χ0) is 19.7. The maximum atomic E-state index is 11.5. The first-order chi connectivity index (χ1) is 13.6. The molecule has 0 bridgehead atoms. The molecule has 0 aliphatic carbocycles. The number of amides is 1. The Labute approximate surface area is 164 Å². The third-order valence-electron chi connectivity index (χ3n) is 4.34. The molecule has 4 aromatic rings. The molecule has 0 spiro atoms. The Bertz CT molecular complexity index is 1230. The molecule has 0 saturated carbocycles. The van der Waals surface area contributed by atoms with Gasteiger partial charge in [0.05, 0.1) is 5.52 Å². The molecule has 9 heteroatoms. The van der Waals surface area contributed by atoms with Crippen molar-refractivity contribution in [1.29, 1.82) is 0 Å². The molecule has 0 unspecified atom stereocenters. The van der Waals surface area contributed by atoms with E-state index >= 15 is 0 Å². The van der Waals surface area contributed by atoms with Gasteiger partial charge in [-0.1, -0.05) is 18.2 Å². The summed E-state index contributed by atoms with van der Waals surface area (Å²) in [6.45, 7) is 0. The van der Waals surface area contributed by atoms with Crippen molar-refractivity contribution in [3.8, 4) is 0 Å². The van der Waals surface area contributed by atoms with Gasteiger partial charge in [0.15, 0.2) is 5.84 Å². The van der Waals surface area contributed by atoms with Crippen molar-refractivity contribution < 1.29 is 4.79 Å². The molecule has 0 fully saturated rings. The SMILES string of the molecule is NN=C(NN)c1ccc2c(c1)nc(Nc1cccc(C(N)=O)c1)c1ccsc12. The smallest absolute Gasteiger partial charge is 0.248 e. The fourth-order valence-electron chi connectivity index (χ4n) is 3.03. The highest BCUT2D eigenvalue weighted by molar-refractivity contribution is 7.18. The number of nitrogens with one attached hydrogen (secondary N) is 2. The lowest BCUT2D eigenvalue weighted by atomic mass is 10.1. The number of hydrogen-bond acceptors (Lipinski definition) is 7. The average Bonchev–Trinajstić information content (AvgIpc) is 3.19. The Morgan fingerprint density at radius 1 is 1.07 bits per heavy atom. The molecule has 0 saturated heterocycles. The number of benzene rings is 2. The van der Waals surface area contributed by atoms with Crippen LogP contribution in [-0.2, 0) is 0 Å². The number of pyridine rings is 1. The van der Waals surface area contributed by atoms with E-state index in [1.165, 1.54) is 0 Å². The number of thiophene rings is 1. The molecule has 0 aliphatic heterocycles. The number of hydrazone groups is 1. The highest BCUT2D eigenvalue weighted by atomic mass is 32.1. The van der Waals surface area contributed by atoms with Crippen LogP contribution < -0.4 is 28.2 Å². The normalized spacial score (nSPS) is 11.7. The van der Waals surface area contributed by atoms with E-state index in [0.29, 0.717) is 17.2 Å². The Kier molecular flexibility index (Phi) is 4.52. The van der Waals surface area contributed by atoms with Crippen LogP contribution >= 0.6 is 11.3 Å². The Morgan fingerprint density at radius 3 is 2.68 bits per heavy atom. The summed E-state index contributed by atoms with van der Waals surface area (Å²) < 4.78 is 1.09. The van der Waals surface area contributed by atoms with Gasteiger partial charge in [0.25, 0.3) is 0 Å². The maximum absolute atomic E-state index is 11.5. The number of carbonyl (C=O) groups excluding carboxylic acids is 1. The maximum Gasteiger partial charge on any atom is 0.248 e. The summed E-state index contributed by atoms with van der Waals surface area (Å²) in [7, 11) is 0. The van der Waals surface area contributed by atoms with Crippen molar-refractivity contribution in [3.63, 3.8) is 0 Å². The zero-order valence-corrected chi connectivity index (χ0v) is 15.5. The van der Waals surface area contributed by atoms with Crippen molar-refractivity contribution in [3.05, 3.63) is 65.0 Å². The fraction of sp³-hybridized carbons (Fsp3) is 0. The van der Waals surface area contributed by atoms with E-state index in [1.54, 1.807) is 29.5 Å². The molecule has 2 aromatic carbocycles. The van der Waals surface area contributed by atoms with Crippen LogP contribution in [-0.4, -0.2) is 16.7 Å². The number of nitrogens with zero attached hydrogens (tertiary/aromatic N) is 2. The van der Waals surface area contributed by atoms with Crippen LogP contribution in [0.25, 0.3) is 21.0 Å². The second kappa shape index (κ2) is 7.14. The first-order valence-corrected chi connectivity index (χ1v) is 9.21. The van der Waals surface area contributed by atoms with Crippen molar-refractivity contribution in [1.82, 2.24) is 10.4 Å². The van der Waals surface area contributed by atoms with Gasteiger partial charge in [0, 0.05) is 32.3 Å². The average molecular weight is 391 g/mol. The van der Waals surface area contributed by atoms with Crippen LogP contribution in [0.1, 0.15) is 15.9 Å². The number of rotatable bonds is 4. The van der Waals surface area contributed by atoms with Gasteiger partial charge in [-0.05, 0) is 35.7 Å². The first-order valence-electron chi connectivity index (χ1n) is 8.33. The summed E-state index contributed by atoms with van der Waals surface area (Å²) in [4.78, 5) is 16.2. The summed E-state index contributed by atoms with van der Waals surface area (Å²) in [5.41, 5.74) is 10.5. The highest BCUT2D eigenvalue weighted by Crippen LogP contribution is 2.35. The largest absolute Gasteiger partial charge is 0.366 e. The topological polar surface area (TPSA) is 144 Å². The molecule has 0 radical (unpaired) electrons. The molecule has 2 heterocycles. The Morgan fingerprint density at radius 2 is 1.93 bits per heavy atom. The van der Waals surface area contributed by atoms with Gasteiger partial charge in [0.2, 0.25) is 5.91 Å². The van der Waals surface area contributed by atoms with Crippen molar-refractivity contribution in [2.45, 2.75) is 0 Å². The first kappa shape index (κ1) is 17.7. The molecule has 4 rings (SSSR count). The van der Waals surface area contributed by atoms with Crippen LogP contribution in [0.5, 0.6) is 0 Å². The lowest BCUT2D eigenvalue weighted by Crippen LogP contribution is -2.32. The second-order valence-corrected chi connectivity index (χ2v) is 6.96. The van der Waals surface area contributed by atoms with Gasteiger partial charge >= 0.3 is 0 Å². The molecule has 8 nitrogen and oxygen atoms in total. The molecule has 28 heavy (non-hydrogen) atoms. The third kappa shape index (κ3) is 3.08. The lowest BCUT2D eigenvalue weighted by molar-refractivity contribution is 0.100. The van der Waals surface area contributed by atoms with E-state index in [9.17, 15) is 4.79 Å². The van der Waals surface area contributed by atoms with E-state index < -0.39 is 5.91 Å². The van der Waals surface area contributed by atoms with E-state index in [2.05, 4.69) is 15.8 Å². The van der Waals surface area contributed by atoms with E-state index in [-0.39, 0.29) is 0 Å². The zero-order valence-electron chi connectivity index (χ0n) is 14.6. The number of anilines is 2. The van der Waals surface area contributed by atoms with Gasteiger partial charge in [-0.2, -0.15) is 5.10 Å². The van der Waals surface area contributed by atoms with Gasteiger partial charge < -0.3 is 22.3 Å². The van der Waals surface area contributed by atoms with Gasteiger partial charge in [-0.3, -0.25) is 4.79 Å². The van der Waals surface area contributed by atoms with Crippen LogP contribution in [0, 0.1) is 0 Å². The molecule has 2 aromatic heterocycles. The molecule has 1 amide bonds. The molecular weight excluding hydrogens is 374 g/mol. The van der Waals surface area contributed by atoms with E-state index in [4.69, 9.17) is 22.4 Å². The number of fused-ring (bicyclic) bond motifs is 3. The number of hydrogen-bond donors (Lipinski definition) is 5. The number of hydrazine groups is 1. The second-order valence-electron chi connectivity index (χ2n) is 6.05. The monoisotopic (exact) mass is 391 g/mol. The summed E-state index contributed by atoms with van der Waals surface area (Å²) in [5.74, 6) is 11.4. The number of nitrogens with two attached hydrogens (primary N) is 3. The summed E-state index contributed by atoms with van der Waals surface area (Å²) in [6.07, 6.45) is 0. The van der Waals surface area contributed by atoms with E-state index in [1.807, 2.05) is 35.7 Å². The van der Waals surface area contributed by atoms with Gasteiger partial charge in [-0.25, -0.2) is 10.8 Å². The van der Waals surface area contributed by atoms with Gasteiger partial charge in [0.1, 0.15) is 5.82 Å². The Hall–Kier alpha value is -3.69. The third-order valence-corrected chi connectivity index (χ3v) is 5.29. The minimum Gasteiger partial charge on any atom is -0.366 e. The summed E-state index contributed by atoms with van der Waals surface area (Å²) >= 11 is 1.63. The number of carbonyl (C=O) groups is 1. The molecule has 8 N–H and O–H groups in total. The molecule has 0 aliphatic rings. The number of primary amides is 1. The Balaban J connectivity index is 1.86. The van der Waals surface area contributed by atoms with Gasteiger partial charge in [-0.15, -0.1) is 11.3 Å². The van der Waals surface area contributed by atoms with Crippen LogP contribution in [0.2, 0.25) is 0 Å². The van der Waals surface area contributed by atoms with Crippen molar-refractivity contribution in [2.24, 2.45) is 22.5 Å². The van der Waals surface area contributed by atoms with Crippen LogP contribution in [0.15, 0.2) is 59.0 Å². The molecule has 0 atom stereocenters. The standard InChI is InChI=1S/C19H17N7OS/c20-17(27)10-2-1-3-12(8-10)23-19-14-6-7-28-16(14)13-5-4-11(9-15(13)24-19)18(25-21)26-22/h1-9H,21-22H2,(H2,20,27)(H,23,24)(H,25,26). The predicted molar refractivity (Wildman–Crippen MR) is 113 cm³/mol. The fourth-order valence-corrected chi connectivity index (χ4v) is 3.96. The van der Waals surface area contributed by atoms with Crippen molar-refractivity contribution in [2.75, 3.05) is 5.32 Å². The predicted octanol–water partition coefficient (Wildman–Crippen LogP) is 2.38.